The number of aromatic nitrogens is 2. The van der Waals surface area contributed by atoms with Gasteiger partial charge in [0.05, 0.1) is 17.4 Å². The molecule has 0 saturated carbocycles. The Morgan fingerprint density at radius 1 is 1.19 bits per heavy atom. The number of nitrogens with one attached hydrogen (secondary N) is 1. The highest BCUT2D eigenvalue weighted by molar-refractivity contribution is 6.30. The molecule has 0 fully saturated rings. The number of halogens is 1. The zero-order chi connectivity index (χ0) is 14.8. The van der Waals surface area contributed by atoms with Crippen molar-refractivity contribution in [3.63, 3.8) is 0 Å². The van der Waals surface area contributed by atoms with Crippen LogP contribution in [0.2, 0.25) is 5.02 Å². The minimum absolute atomic E-state index is 0.0968. The van der Waals surface area contributed by atoms with Gasteiger partial charge in [-0.3, -0.25) is 4.79 Å². The van der Waals surface area contributed by atoms with E-state index in [2.05, 4.69) is 10.3 Å². The van der Waals surface area contributed by atoms with Gasteiger partial charge in [-0.25, -0.2) is 4.98 Å². The molecular formula is C16H14ClN3O. The number of hydrogen-bond donors (Lipinski definition) is 1. The lowest BCUT2D eigenvalue weighted by atomic mass is 10.2. The summed E-state index contributed by atoms with van der Waals surface area (Å²) in [4.78, 5) is 16.7. The molecule has 1 amide bonds. The van der Waals surface area contributed by atoms with Gasteiger partial charge in [-0.2, -0.15) is 0 Å². The third-order valence-electron chi connectivity index (χ3n) is 3.39. The number of carbonyl (C=O) groups excluding carboxylic acids is 1. The number of carbonyl (C=O) groups is 1. The molecule has 0 spiro atoms. The average Bonchev–Trinajstić information content (AvgIpc) is 2.92. The highest BCUT2D eigenvalue weighted by atomic mass is 35.5. The second-order valence-corrected chi connectivity index (χ2v) is 5.25. The highest BCUT2D eigenvalue weighted by Crippen LogP contribution is 2.19. The number of fused-ring (bicyclic) bond motifs is 1. The molecule has 1 N–H and O–H groups in total. The molecular weight excluding hydrogens is 286 g/mol. The molecule has 0 aliphatic heterocycles. The number of rotatable bonds is 3. The SMILES string of the molecule is CC(C(=O)Nc1ccc(Cl)cc1)n1cnc2ccccc21. The number of hydrogen-bond acceptors (Lipinski definition) is 2. The largest absolute Gasteiger partial charge is 0.324 e. The average molecular weight is 300 g/mol. The first-order valence-corrected chi connectivity index (χ1v) is 7.01. The van der Waals surface area contributed by atoms with Crippen LogP contribution in [0.3, 0.4) is 0 Å². The van der Waals surface area contributed by atoms with E-state index < -0.39 is 0 Å². The second kappa shape index (κ2) is 5.58. The van der Waals surface area contributed by atoms with Gasteiger partial charge in [0.25, 0.3) is 0 Å². The molecule has 1 unspecified atom stereocenters. The molecule has 4 nitrogen and oxygen atoms in total. The quantitative estimate of drug-likeness (QED) is 0.797. The molecule has 106 valence electrons. The monoisotopic (exact) mass is 299 g/mol. The summed E-state index contributed by atoms with van der Waals surface area (Å²) in [5, 5.41) is 3.52. The lowest BCUT2D eigenvalue weighted by Crippen LogP contribution is -2.23. The van der Waals surface area contributed by atoms with Crippen molar-refractivity contribution in [1.82, 2.24) is 9.55 Å². The number of amides is 1. The third-order valence-corrected chi connectivity index (χ3v) is 3.64. The Bertz CT molecular complexity index is 780. The van der Waals surface area contributed by atoms with Crippen molar-refractivity contribution in [2.45, 2.75) is 13.0 Å². The van der Waals surface area contributed by atoms with Gasteiger partial charge in [-0.05, 0) is 43.3 Å². The molecule has 2 aromatic carbocycles. The zero-order valence-corrected chi connectivity index (χ0v) is 12.2. The Hall–Kier alpha value is -2.33. The molecule has 21 heavy (non-hydrogen) atoms. The fraction of sp³-hybridized carbons (Fsp3) is 0.125. The van der Waals surface area contributed by atoms with E-state index >= 15 is 0 Å². The van der Waals surface area contributed by atoms with Crippen LogP contribution >= 0.6 is 11.6 Å². The summed E-state index contributed by atoms with van der Waals surface area (Å²) >= 11 is 5.83. The van der Waals surface area contributed by atoms with Gasteiger partial charge in [0, 0.05) is 10.7 Å². The summed E-state index contributed by atoms with van der Waals surface area (Å²) in [6, 6.07) is 14.4. The van der Waals surface area contributed by atoms with Crippen LogP contribution in [-0.2, 0) is 4.79 Å². The van der Waals surface area contributed by atoms with Crippen molar-refractivity contribution >= 4 is 34.2 Å². The van der Waals surface area contributed by atoms with Gasteiger partial charge in [-0.1, -0.05) is 23.7 Å². The number of benzene rings is 2. The molecule has 0 radical (unpaired) electrons. The second-order valence-electron chi connectivity index (χ2n) is 4.81. The summed E-state index contributed by atoms with van der Waals surface area (Å²) < 4.78 is 1.86. The maximum atomic E-state index is 12.3. The minimum Gasteiger partial charge on any atom is -0.324 e. The van der Waals surface area contributed by atoms with Crippen LogP contribution < -0.4 is 5.32 Å². The predicted octanol–water partition coefficient (Wildman–Crippen LogP) is 3.89. The summed E-state index contributed by atoms with van der Waals surface area (Å²) in [6.45, 7) is 1.85. The lowest BCUT2D eigenvalue weighted by Gasteiger charge is -2.14. The Kier molecular flexibility index (Phi) is 3.62. The van der Waals surface area contributed by atoms with Crippen LogP contribution in [0.4, 0.5) is 5.69 Å². The van der Waals surface area contributed by atoms with E-state index in [-0.39, 0.29) is 11.9 Å². The van der Waals surface area contributed by atoms with Gasteiger partial charge in [-0.15, -0.1) is 0 Å². The molecule has 0 aliphatic carbocycles. The number of para-hydroxylation sites is 2. The van der Waals surface area contributed by atoms with Crippen LogP contribution in [0, 0.1) is 0 Å². The summed E-state index contributed by atoms with van der Waals surface area (Å²) in [5.74, 6) is -0.0968. The fourth-order valence-electron chi connectivity index (χ4n) is 2.19. The van der Waals surface area contributed by atoms with Gasteiger partial charge < -0.3 is 9.88 Å². The molecule has 1 heterocycles. The standard InChI is InChI=1S/C16H14ClN3O/c1-11(16(21)19-13-8-6-12(17)7-9-13)20-10-18-14-4-2-3-5-15(14)20/h2-11H,1H3,(H,19,21). The van der Waals surface area contributed by atoms with Gasteiger partial charge in [0.15, 0.2) is 0 Å². The van der Waals surface area contributed by atoms with Gasteiger partial charge in [0.1, 0.15) is 6.04 Å². The first kappa shape index (κ1) is 13.6. The van der Waals surface area contributed by atoms with Crippen LogP contribution in [0.1, 0.15) is 13.0 Å². The Labute approximate surface area is 127 Å². The molecule has 0 aliphatic rings. The Balaban J connectivity index is 1.82. The van der Waals surface area contributed by atoms with Crippen molar-refractivity contribution in [1.29, 1.82) is 0 Å². The minimum atomic E-state index is -0.354. The highest BCUT2D eigenvalue weighted by Gasteiger charge is 2.17. The Morgan fingerprint density at radius 2 is 1.90 bits per heavy atom. The van der Waals surface area contributed by atoms with E-state index in [1.807, 2.05) is 35.8 Å². The molecule has 5 heteroatoms. The Morgan fingerprint density at radius 3 is 2.67 bits per heavy atom. The lowest BCUT2D eigenvalue weighted by molar-refractivity contribution is -0.118. The van der Waals surface area contributed by atoms with Crippen LogP contribution in [0.5, 0.6) is 0 Å². The molecule has 0 saturated heterocycles. The maximum Gasteiger partial charge on any atom is 0.247 e. The van der Waals surface area contributed by atoms with Crippen molar-refractivity contribution in [3.8, 4) is 0 Å². The van der Waals surface area contributed by atoms with E-state index in [9.17, 15) is 4.79 Å². The van der Waals surface area contributed by atoms with Crippen molar-refractivity contribution < 1.29 is 4.79 Å². The molecule has 3 rings (SSSR count). The predicted molar refractivity (Wildman–Crippen MR) is 84.5 cm³/mol. The van der Waals surface area contributed by atoms with Gasteiger partial charge in [0.2, 0.25) is 5.91 Å². The molecule has 1 atom stereocenters. The van der Waals surface area contributed by atoms with E-state index in [1.165, 1.54) is 0 Å². The van der Waals surface area contributed by atoms with E-state index in [4.69, 9.17) is 11.6 Å². The first-order chi connectivity index (χ1) is 10.1. The number of nitrogens with zero attached hydrogens (tertiary/aromatic N) is 2. The molecule has 3 aromatic rings. The van der Waals surface area contributed by atoms with E-state index in [0.717, 1.165) is 16.7 Å². The smallest absolute Gasteiger partial charge is 0.247 e. The number of anilines is 1. The normalized spacial score (nSPS) is 12.3. The summed E-state index contributed by atoms with van der Waals surface area (Å²) in [6.07, 6.45) is 1.69. The van der Waals surface area contributed by atoms with E-state index in [1.54, 1.807) is 30.6 Å². The first-order valence-electron chi connectivity index (χ1n) is 6.63. The maximum absolute atomic E-state index is 12.3. The van der Waals surface area contributed by atoms with Gasteiger partial charge >= 0.3 is 0 Å². The summed E-state index contributed by atoms with van der Waals surface area (Å²) in [5.41, 5.74) is 2.54. The van der Waals surface area contributed by atoms with E-state index in [0.29, 0.717) is 5.02 Å². The van der Waals surface area contributed by atoms with Crippen molar-refractivity contribution in [2.24, 2.45) is 0 Å². The van der Waals surface area contributed by atoms with Crippen LogP contribution in [0.25, 0.3) is 11.0 Å². The zero-order valence-electron chi connectivity index (χ0n) is 11.5. The van der Waals surface area contributed by atoms with Crippen molar-refractivity contribution in [2.75, 3.05) is 5.32 Å². The topological polar surface area (TPSA) is 46.9 Å². The third kappa shape index (κ3) is 2.76. The number of imidazole rings is 1. The van der Waals surface area contributed by atoms with Crippen LogP contribution in [-0.4, -0.2) is 15.5 Å². The van der Waals surface area contributed by atoms with Crippen molar-refractivity contribution in [3.05, 3.63) is 59.9 Å². The molecule has 0 bridgehead atoms. The summed E-state index contributed by atoms with van der Waals surface area (Å²) in [7, 11) is 0. The molecule has 1 aromatic heterocycles. The van der Waals surface area contributed by atoms with Crippen LogP contribution in [0.15, 0.2) is 54.9 Å². The fourth-order valence-corrected chi connectivity index (χ4v) is 2.32.